The first-order valence-corrected chi connectivity index (χ1v) is 12.8. The Balaban J connectivity index is 1.41. The summed E-state index contributed by atoms with van der Waals surface area (Å²) in [6.07, 6.45) is 4.44. The van der Waals surface area contributed by atoms with Crippen molar-refractivity contribution in [1.82, 2.24) is 4.90 Å². The van der Waals surface area contributed by atoms with E-state index in [0.29, 0.717) is 24.2 Å². The number of halogens is 1. The smallest absolute Gasteiger partial charge is 0.344 e. The van der Waals surface area contributed by atoms with Gasteiger partial charge >= 0.3 is 5.63 Å². The second-order valence-corrected chi connectivity index (χ2v) is 9.92. The maximum atomic E-state index is 13.1. The van der Waals surface area contributed by atoms with Crippen LogP contribution in [0, 0.1) is 0 Å². The van der Waals surface area contributed by atoms with Gasteiger partial charge in [0.05, 0.1) is 5.56 Å². The predicted octanol–water partition coefficient (Wildman–Crippen LogP) is 6.38. The van der Waals surface area contributed by atoms with E-state index in [4.69, 9.17) is 9.15 Å². The molecule has 1 aliphatic rings. The van der Waals surface area contributed by atoms with Crippen LogP contribution in [0.25, 0.3) is 22.1 Å². The highest BCUT2D eigenvalue weighted by molar-refractivity contribution is 9.10. The first kappa shape index (κ1) is 23.6. The Morgan fingerprint density at radius 3 is 2.54 bits per heavy atom. The Kier molecular flexibility index (Phi) is 7.21. The Morgan fingerprint density at radius 1 is 0.971 bits per heavy atom. The zero-order valence-electron chi connectivity index (χ0n) is 19.5. The van der Waals surface area contributed by atoms with Crippen LogP contribution in [0.3, 0.4) is 0 Å². The summed E-state index contributed by atoms with van der Waals surface area (Å²) < 4.78 is 12.5. The second-order valence-electron chi connectivity index (χ2n) is 9.01. The van der Waals surface area contributed by atoms with Crippen molar-refractivity contribution in [3.63, 3.8) is 0 Å². The molecule has 1 fully saturated rings. The van der Waals surface area contributed by atoms with Crippen LogP contribution < -0.4 is 10.4 Å². The third-order valence-corrected chi connectivity index (χ3v) is 7.03. The van der Waals surface area contributed by atoms with Crippen molar-refractivity contribution in [2.75, 3.05) is 26.2 Å². The Hall–Kier alpha value is -3.09. The fourth-order valence-electron chi connectivity index (χ4n) is 4.76. The molecule has 6 heteroatoms. The van der Waals surface area contributed by atoms with Gasteiger partial charge in [0.1, 0.15) is 23.7 Å². The van der Waals surface area contributed by atoms with E-state index in [9.17, 15) is 9.90 Å². The van der Waals surface area contributed by atoms with Crippen molar-refractivity contribution < 1.29 is 14.3 Å². The molecule has 180 valence electrons. The second kappa shape index (κ2) is 10.7. The number of hydrogen-bond donors (Lipinski definition) is 1. The van der Waals surface area contributed by atoms with Gasteiger partial charge in [-0.3, -0.25) is 4.90 Å². The Bertz CT molecular complexity index is 1370. The number of likely N-dealkylation sites (tertiary alicyclic amines) is 1. The van der Waals surface area contributed by atoms with Crippen molar-refractivity contribution >= 4 is 26.9 Å². The SMILES string of the molecule is O=c1oc2cc(O)ccc2c(Cc2ccc(OCCN3CCCCC3)cc2)c1-c1cccc(Br)c1. The lowest BCUT2D eigenvalue weighted by molar-refractivity contribution is 0.183. The maximum absolute atomic E-state index is 13.1. The molecule has 0 unspecified atom stereocenters. The number of piperidine rings is 1. The number of hydrogen-bond acceptors (Lipinski definition) is 5. The summed E-state index contributed by atoms with van der Waals surface area (Å²) in [6.45, 7) is 3.97. The first-order valence-electron chi connectivity index (χ1n) is 12.1. The summed E-state index contributed by atoms with van der Waals surface area (Å²) in [6, 6.07) is 20.6. The molecular weight excluding hydrogens is 506 g/mol. The average Bonchev–Trinajstić information content (AvgIpc) is 2.85. The number of nitrogens with zero attached hydrogens (tertiary/aromatic N) is 1. The highest BCUT2D eigenvalue weighted by Gasteiger charge is 2.18. The van der Waals surface area contributed by atoms with Crippen LogP contribution in [-0.4, -0.2) is 36.2 Å². The van der Waals surface area contributed by atoms with E-state index in [-0.39, 0.29) is 5.75 Å². The van der Waals surface area contributed by atoms with Gasteiger partial charge in [0.25, 0.3) is 0 Å². The Morgan fingerprint density at radius 2 is 1.77 bits per heavy atom. The maximum Gasteiger partial charge on any atom is 0.344 e. The normalized spacial score (nSPS) is 14.3. The molecule has 1 N–H and O–H groups in total. The largest absolute Gasteiger partial charge is 0.508 e. The molecule has 0 amide bonds. The molecule has 1 aliphatic heterocycles. The third-order valence-electron chi connectivity index (χ3n) is 6.54. The lowest BCUT2D eigenvalue weighted by atomic mass is 9.93. The molecule has 4 aromatic rings. The predicted molar refractivity (Wildman–Crippen MR) is 142 cm³/mol. The van der Waals surface area contributed by atoms with Crippen molar-refractivity contribution in [2.24, 2.45) is 0 Å². The summed E-state index contributed by atoms with van der Waals surface area (Å²) >= 11 is 3.51. The molecule has 2 heterocycles. The summed E-state index contributed by atoms with van der Waals surface area (Å²) in [4.78, 5) is 15.5. The summed E-state index contributed by atoms with van der Waals surface area (Å²) in [5, 5.41) is 10.7. The van der Waals surface area contributed by atoms with E-state index in [1.54, 1.807) is 6.07 Å². The standard InChI is InChI=1S/C29H28BrNO4/c30-22-6-4-5-21(18-22)28-26(25-12-9-23(32)19-27(25)35-29(28)33)17-20-7-10-24(11-8-20)34-16-15-31-13-2-1-3-14-31/h4-12,18-19,32H,1-3,13-17H2. The lowest BCUT2D eigenvalue weighted by Crippen LogP contribution is -2.33. The highest BCUT2D eigenvalue weighted by atomic mass is 79.9. The molecule has 0 aliphatic carbocycles. The van der Waals surface area contributed by atoms with Crippen LogP contribution in [0.4, 0.5) is 0 Å². The Labute approximate surface area is 213 Å². The minimum atomic E-state index is -0.422. The molecule has 1 aromatic heterocycles. The molecular formula is C29H28BrNO4. The van der Waals surface area contributed by atoms with E-state index in [2.05, 4.69) is 20.8 Å². The first-order chi connectivity index (χ1) is 17.1. The molecule has 0 spiro atoms. The zero-order chi connectivity index (χ0) is 24.2. The van der Waals surface area contributed by atoms with Crippen LogP contribution in [0.15, 0.2) is 80.4 Å². The van der Waals surface area contributed by atoms with E-state index in [0.717, 1.165) is 38.8 Å². The number of rotatable bonds is 7. The number of ether oxygens (including phenoxy) is 1. The molecule has 35 heavy (non-hydrogen) atoms. The number of benzene rings is 3. The topological polar surface area (TPSA) is 62.9 Å². The van der Waals surface area contributed by atoms with Gasteiger partial charge < -0.3 is 14.3 Å². The van der Waals surface area contributed by atoms with Crippen molar-refractivity contribution in [3.05, 3.63) is 92.7 Å². The van der Waals surface area contributed by atoms with Gasteiger partial charge in [0.15, 0.2) is 0 Å². The molecule has 0 saturated carbocycles. The summed E-state index contributed by atoms with van der Waals surface area (Å²) in [5.41, 5.74) is 3.20. The number of fused-ring (bicyclic) bond motifs is 1. The highest BCUT2D eigenvalue weighted by Crippen LogP contribution is 2.32. The van der Waals surface area contributed by atoms with Gasteiger partial charge in [0, 0.05) is 22.5 Å². The number of aromatic hydroxyl groups is 1. The van der Waals surface area contributed by atoms with Gasteiger partial charge in [0.2, 0.25) is 0 Å². The van der Waals surface area contributed by atoms with Crippen molar-refractivity contribution in [2.45, 2.75) is 25.7 Å². The fraction of sp³-hybridized carbons (Fsp3) is 0.276. The molecule has 1 saturated heterocycles. The van der Waals surface area contributed by atoms with Crippen LogP contribution in [0.1, 0.15) is 30.4 Å². The van der Waals surface area contributed by atoms with E-state index in [1.165, 1.54) is 38.4 Å². The summed E-state index contributed by atoms with van der Waals surface area (Å²) in [5.74, 6) is 0.910. The average molecular weight is 534 g/mol. The number of phenols is 1. The monoisotopic (exact) mass is 533 g/mol. The molecule has 5 nitrogen and oxygen atoms in total. The van der Waals surface area contributed by atoms with Crippen molar-refractivity contribution in [3.8, 4) is 22.6 Å². The minimum Gasteiger partial charge on any atom is -0.508 e. The van der Waals surface area contributed by atoms with Gasteiger partial charge in [-0.15, -0.1) is 0 Å². The van der Waals surface area contributed by atoms with Crippen LogP contribution >= 0.6 is 15.9 Å². The van der Waals surface area contributed by atoms with E-state index < -0.39 is 5.63 Å². The molecule has 5 rings (SSSR count). The zero-order valence-corrected chi connectivity index (χ0v) is 21.1. The van der Waals surface area contributed by atoms with E-state index in [1.807, 2.05) is 54.6 Å². The van der Waals surface area contributed by atoms with Crippen molar-refractivity contribution in [1.29, 1.82) is 0 Å². The van der Waals surface area contributed by atoms with Gasteiger partial charge in [-0.1, -0.05) is 46.6 Å². The molecule has 3 aromatic carbocycles. The molecule has 0 atom stereocenters. The molecule has 0 bridgehead atoms. The molecule has 0 radical (unpaired) electrons. The van der Waals surface area contributed by atoms with Crippen LogP contribution in [0.5, 0.6) is 11.5 Å². The van der Waals surface area contributed by atoms with E-state index >= 15 is 0 Å². The fourth-order valence-corrected chi connectivity index (χ4v) is 5.16. The van der Waals surface area contributed by atoms with Gasteiger partial charge in [-0.2, -0.15) is 0 Å². The third kappa shape index (κ3) is 5.60. The van der Waals surface area contributed by atoms with Crippen LogP contribution in [0.2, 0.25) is 0 Å². The summed E-state index contributed by atoms with van der Waals surface area (Å²) in [7, 11) is 0. The lowest BCUT2D eigenvalue weighted by Gasteiger charge is -2.26. The van der Waals surface area contributed by atoms with Gasteiger partial charge in [-0.25, -0.2) is 4.79 Å². The minimum absolute atomic E-state index is 0.0628. The number of phenolic OH excluding ortho intramolecular Hbond substituents is 1. The van der Waals surface area contributed by atoms with Crippen LogP contribution in [-0.2, 0) is 6.42 Å². The quantitative estimate of drug-likeness (QED) is 0.279. The van der Waals surface area contributed by atoms with Gasteiger partial charge in [-0.05, 0) is 85.4 Å².